The summed E-state index contributed by atoms with van der Waals surface area (Å²) >= 11 is 6.88. The summed E-state index contributed by atoms with van der Waals surface area (Å²) in [5.41, 5.74) is 4.18. The molecule has 6 rings (SSSR count). The zero-order valence-electron chi connectivity index (χ0n) is 16.8. The third-order valence-electron chi connectivity index (χ3n) is 5.79. The van der Waals surface area contributed by atoms with Crippen molar-refractivity contribution in [2.24, 2.45) is 0 Å². The molecular weight excluding hydrogens is 492 g/mol. The van der Waals surface area contributed by atoms with E-state index in [9.17, 15) is 4.79 Å². The highest BCUT2D eigenvalue weighted by Crippen LogP contribution is 2.46. The number of hydrogen-bond donors (Lipinski definition) is 1. The van der Waals surface area contributed by atoms with E-state index in [1.807, 2.05) is 19.1 Å². The Kier molecular flexibility index (Phi) is 4.31. The van der Waals surface area contributed by atoms with Gasteiger partial charge < -0.3 is 5.32 Å². The number of thiazole rings is 1. The van der Waals surface area contributed by atoms with Crippen LogP contribution in [-0.4, -0.2) is 20.7 Å². The van der Waals surface area contributed by atoms with Crippen LogP contribution in [0, 0.1) is 13.8 Å². The summed E-state index contributed by atoms with van der Waals surface area (Å²) in [5, 5.41) is 9.90. The number of rotatable bonds is 2. The molecule has 1 aliphatic heterocycles. The summed E-state index contributed by atoms with van der Waals surface area (Å²) in [4.78, 5) is 18.8. The molecule has 1 atom stereocenters. The van der Waals surface area contributed by atoms with E-state index >= 15 is 0 Å². The Bertz CT molecular complexity index is 1510. The van der Waals surface area contributed by atoms with Crippen LogP contribution >= 0.6 is 38.6 Å². The molecule has 154 valence electrons. The lowest BCUT2D eigenvalue weighted by Crippen LogP contribution is -2.25. The van der Waals surface area contributed by atoms with Gasteiger partial charge in [0.05, 0.1) is 15.9 Å². The first-order chi connectivity index (χ1) is 15.0. The van der Waals surface area contributed by atoms with E-state index in [1.54, 1.807) is 27.4 Å². The van der Waals surface area contributed by atoms with E-state index in [0.29, 0.717) is 6.42 Å². The van der Waals surface area contributed by atoms with Crippen LogP contribution in [0.2, 0.25) is 0 Å². The molecule has 1 N–H and O–H groups in total. The lowest BCUT2D eigenvalue weighted by atomic mass is 9.84. The first-order valence-corrected chi connectivity index (χ1v) is 12.4. The predicted octanol–water partition coefficient (Wildman–Crippen LogP) is 6.55. The molecule has 4 heterocycles. The largest absolute Gasteiger partial charge is 0.310 e. The normalized spacial score (nSPS) is 16.1. The number of fused-ring (bicyclic) bond motifs is 3. The van der Waals surface area contributed by atoms with Gasteiger partial charge in [0.2, 0.25) is 11.0 Å². The second kappa shape index (κ2) is 6.98. The maximum Gasteiger partial charge on any atom is 0.226 e. The van der Waals surface area contributed by atoms with Crippen molar-refractivity contribution >= 4 is 70.6 Å². The van der Waals surface area contributed by atoms with Crippen molar-refractivity contribution < 1.29 is 4.79 Å². The summed E-state index contributed by atoms with van der Waals surface area (Å²) < 4.78 is 5.15. The third-order valence-corrected chi connectivity index (χ3v) is 8.38. The van der Waals surface area contributed by atoms with Crippen LogP contribution < -0.4 is 5.32 Å². The Morgan fingerprint density at radius 1 is 1.10 bits per heavy atom. The van der Waals surface area contributed by atoms with Crippen molar-refractivity contribution in [1.29, 1.82) is 0 Å². The molecule has 1 amide bonds. The standard InChI is InChI=1S/C23H17BrN4OS2/c1-11-20-15(21-12(2)30-17-6-4-3-5-14(17)21)10-19(29)26-22(20)28(27-11)23-25-16-8-7-13(24)9-18(16)31-23/h3-9,15H,10H2,1-2H3,(H,26,29). The summed E-state index contributed by atoms with van der Waals surface area (Å²) in [5.74, 6) is 0.737. The highest BCUT2D eigenvalue weighted by molar-refractivity contribution is 9.10. The van der Waals surface area contributed by atoms with E-state index in [2.05, 4.69) is 58.5 Å². The Morgan fingerprint density at radius 3 is 2.81 bits per heavy atom. The number of hydrogen-bond acceptors (Lipinski definition) is 5. The van der Waals surface area contributed by atoms with Crippen LogP contribution in [0.4, 0.5) is 5.82 Å². The van der Waals surface area contributed by atoms with Crippen molar-refractivity contribution in [3.05, 3.63) is 68.6 Å². The Labute approximate surface area is 194 Å². The van der Waals surface area contributed by atoms with Gasteiger partial charge in [-0.3, -0.25) is 4.79 Å². The van der Waals surface area contributed by atoms with Crippen LogP contribution in [0.15, 0.2) is 46.9 Å². The molecular formula is C23H17BrN4OS2. The average molecular weight is 509 g/mol. The van der Waals surface area contributed by atoms with Crippen molar-refractivity contribution in [3.63, 3.8) is 0 Å². The van der Waals surface area contributed by atoms with Crippen molar-refractivity contribution in [2.75, 3.05) is 5.32 Å². The summed E-state index contributed by atoms with van der Waals surface area (Å²) in [6.07, 6.45) is 0.424. The number of thiophene rings is 1. The minimum absolute atomic E-state index is 0.0113. The van der Waals surface area contributed by atoms with Gasteiger partial charge in [-0.05, 0) is 49.1 Å². The number of aryl methyl sites for hydroxylation is 2. The second-order valence-electron chi connectivity index (χ2n) is 7.74. The monoisotopic (exact) mass is 508 g/mol. The number of nitrogens with zero attached hydrogens (tertiary/aromatic N) is 3. The number of anilines is 1. The molecule has 31 heavy (non-hydrogen) atoms. The molecule has 0 saturated carbocycles. The third kappa shape index (κ3) is 2.96. The van der Waals surface area contributed by atoms with Gasteiger partial charge in [-0.25, -0.2) is 4.98 Å². The molecule has 0 saturated heterocycles. The lowest BCUT2D eigenvalue weighted by Gasteiger charge is -2.24. The number of benzene rings is 2. The number of nitrogens with one attached hydrogen (secondary N) is 1. The van der Waals surface area contributed by atoms with Gasteiger partial charge in [-0.15, -0.1) is 11.3 Å². The van der Waals surface area contributed by atoms with Gasteiger partial charge in [0.15, 0.2) is 0 Å². The fourth-order valence-electron chi connectivity index (χ4n) is 4.53. The van der Waals surface area contributed by atoms with Gasteiger partial charge >= 0.3 is 0 Å². The van der Waals surface area contributed by atoms with Crippen LogP contribution in [0.25, 0.3) is 25.4 Å². The molecule has 5 nitrogen and oxygen atoms in total. The molecule has 1 aliphatic rings. The maximum atomic E-state index is 12.8. The second-order valence-corrected chi connectivity index (χ2v) is 10.9. The SMILES string of the molecule is Cc1nn(-c2nc3ccc(Br)cc3s2)c2c1C(c1c(C)sc3ccccc13)CC(=O)N2. The predicted molar refractivity (Wildman–Crippen MR) is 131 cm³/mol. The smallest absolute Gasteiger partial charge is 0.226 e. The first kappa shape index (κ1) is 19.2. The maximum absolute atomic E-state index is 12.8. The summed E-state index contributed by atoms with van der Waals surface area (Å²) in [6.45, 7) is 4.17. The fourth-order valence-corrected chi connectivity index (χ4v) is 7.13. The zero-order valence-corrected chi connectivity index (χ0v) is 20.0. The van der Waals surface area contributed by atoms with Gasteiger partial charge in [-0.2, -0.15) is 9.78 Å². The van der Waals surface area contributed by atoms with Crippen LogP contribution in [-0.2, 0) is 4.79 Å². The molecule has 2 aromatic carbocycles. The van der Waals surface area contributed by atoms with Gasteiger partial charge in [0.25, 0.3) is 0 Å². The summed E-state index contributed by atoms with van der Waals surface area (Å²) in [7, 11) is 0. The summed E-state index contributed by atoms with van der Waals surface area (Å²) in [6, 6.07) is 14.5. The molecule has 5 aromatic rings. The molecule has 0 aliphatic carbocycles. The van der Waals surface area contributed by atoms with Gasteiger partial charge in [0.1, 0.15) is 5.82 Å². The Hall–Kier alpha value is -2.55. The molecule has 3 aromatic heterocycles. The van der Waals surface area contributed by atoms with Crippen LogP contribution in [0.1, 0.15) is 34.0 Å². The van der Waals surface area contributed by atoms with E-state index in [1.165, 1.54) is 20.5 Å². The molecule has 0 bridgehead atoms. The lowest BCUT2D eigenvalue weighted by molar-refractivity contribution is -0.116. The fraction of sp³-hybridized carbons (Fsp3) is 0.174. The molecule has 1 unspecified atom stereocenters. The average Bonchev–Trinajstić information content (AvgIpc) is 3.39. The minimum atomic E-state index is -0.0165. The Balaban J connectivity index is 1.56. The first-order valence-electron chi connectivity index (χ1n) is 9.93. The highest BCUT2D eigenvalue weighted by atomic mass is 79.9. The van der Waals surface area contributed by atoms with Crippen molar-refractivity contribution in [2.45, 2.75) is 26.2 Å². The van der Waals surface area contributed by atoms with E-state index in [4.69, 9.17) is 10.1 Å². The topological polar surface area (TPSA) is 59.8 Å². The van der Waals surface area contributed by atoms with E-state index in [-0.39, 0.29) is 11.8 Å². The van der Waals surface area contributed by atoms with Crippen molar-refractivity contribution in [3.8, 4) is 5.13 Å². The van der Waals surface area contributed by atoms with E-state index < -0.39 is 0 Å². The molecule has 0 spiro atoms. The molecule has 0 radical (unpaired) electrons. The van der Waals surface area contributed by atoms with E-state index in [0.717, 1.165) is 36.9 Å². The Morgan fingerprint density at radius 2 is 1.94 bits per heavy atom. The molecule has 8 heteroatoms. The minimum Gasteiger partial charge on any atom is -0.310 e. The number of halogens is 1. The number of carbonyl (C=O) groups excluding carboxylic acids is 1. The van der Waals surface area contributed by atoms with Crippen molar-refractivity contribution in [1.82, 2.24) is 14.8 Å². The quantitative estimate of drug-likeness (QED) is 0.294. The van der Waals surface area contributed by atoms with Crippen LogP contribution in [0.3, 0.4) is 0 Å². The van der Waals surface area contributed by atoms with Gasteiger partial charge in [-0.1, -0.05) is 45.5 Å². The zero-order chi connectivity index (χ0) is 21.3. The number of amides is 1. The number of carbonyl (C=O) groups is 1. The molecule has 0 fully saturated rings. The highest BCUT2D eigenvalue weighted by Gasteiger charge is 2.35. The van der Waals surface area contributed by atoms with Crippen LogP contribution in [0.5, 0.6) is 0 Å². The van der Waals surface area contributed by atoms with Gasteiger partial charge in [0, 0.05) is 32.0 Å². The number of aromatic nitrogens is 3.